The molecule has 146 valence electrons. The van der Waals surface area contributed by atoms with Crippen LogP contribution in [0.4, 0.5) is 0 Å². The summed E-state index contributed by atoms with van der Waals surface area (Å²) >= 11 is 3.55. The van der Waals surface area contributed by atoms with E-state index in [1.807, 2.05) is 26.8 Å². The Morgan fingerprint density at radius 2 is 2.00 bits per heavy atom. The summed E-state index contributed by atoms with van der Waals surface area (Å²) in [5.74, 6) is 0.706. The Balaban J connectivity index is 2.02. The molecule has 0 saturated heterocycles. The fourth-order valence-electron chi connectivity index (χ4n) is 2.94. The Morgan fingerprint density at radius 1 is 1.31 bits per heavy atom. The zero-order valence-electron chi connectivity index (χ0n) is 15.9. The van der Waals surface area contributed by atoms with Gasteiger partial charge in [-0.05, 0) is 51.3 Å². The largest absolute Gasteiger partial charge is 0.357 e. The van der Waals surface area contributed by atoms with Gasteiger partial charge in [-0.1, -0.05) is 28.1 Å². The third-order valence-electron chi connectivity index (χ3n) is 4.32. The first kappa shape index (κ1) is 21.2. The van der Waals surface area contributed by atoms with Crippen molar-refractivity contribution in [1.82, 2.24) is 15.4 Å². The van der Waals surface area contributed by atoms with E-state index < -0.39 is 15.6 Å². The van der Waals surface area contributed by atoms with Crippen LogP contribution in [0.1, 0.15) is 39.2 Å². The Morgan fingerprint density at radius 3 is 2.54 bits per heavy atom. The lowest BCUT2D eigenvalue weighted by molar-refractivity contribution is 0.464. The van der Waals surface area contributed by atoms with E-state index in [9.17, 15) is 8.42 Å². The number of nitrogens with zero attached hydrogens (tertiary/aromatic N) is 1. The maximum absolute atomic E-state index is 11.5. The number of nitrogens with one attached hydrogen (secondary N) is 3. The Labute approximate surface area is 165 Å². The van der Waals surface area contributed by atoms with Gasteiger partial charge in [0.15, 0.2) is 5.96 Å². The van der Waals surface area contributed by atoms with E-state index >= 15 is 0 Å². The average molecular weight is 445 g/mol. The molecular formula is C18H29BrN4O2S. The van der Waals surface area contributed by atoms with E-state index in [2.05, 4.69) is 54.5 Å². The van der Waals surface area contributed by atoms with Crippen molar-refractivity contribution < 1.29 is 8.42 Å². The van der Waals surface area contributed by atoms with Crippen LogP contribution in [0.3, 0.4) is 0 Å². The fraction of sp³-hybridized carbons (Fsp3) is 0.611. The highest BCUT2D eigenvalue weighted by atomic mass is 79.9. The van der Waals surface area contributed by atoms with Crippen molar-refractivity contribution in [3.63, 3.8) is 0 Å². The predicted molar refractivity (Wildman–Crippen MR) is 111 cm³/mol. The van der Waals surface area contributed by atoms with Gasteiger partial charge in [-0.3, -0.25) is 4.99 Å². The second-order valence-corrected chi connectivity index (χ2v) is 10.3. The zero-order chi connectivity index (χ0) is 19.4. The third-order valence-corrected chi connectivity index (χ3v) is 5.74. The number of halogens is 1. The Hall–Kier alpha value is -1.12. The molecule has 0 aliphatic heterocycles. The smallest absolute Gasteiger partial charge is 0.209 e. The van der Waals surface area contributed by atoms with Crippen molar-refractivity contribution in [2.45, 2.75) is 44.6 Å². The molecular weight excluding hydrogens is 416 g/mol. The quantitative estimate of drug-likeness (QED) is 0.424. The Bertz CT molecular complexity index is 758. The van der Waals surface area contributed by atoms with Crippen LogP contribution in [0.25, 0.3) is 0 Å². The van der Waals surface area contributed by atoms with Gasteiger partial charge in [0, 0.05) is 28.5 Å². The van der Waals surface area contributed by atoms with Crippen LogP contribution in [-0.4, -0.2) is 45.8 Å². The van der Waals surface area contributed by atoms with E-state index in [4.69, 9.17) is 0 Å². The van der Waals surface area contributed by atoms with Gasteiger partial charge in [0.05, 0.1) is 12.8 Å². The minimum atomic E-state index is -3.27. The molecule has 0 radical (unpaired) electrons. The number of guanidine groups is 1. The molecule has 2 rings (SSSR count). The van der Waals surface area contributed by atoms with Gasteiger partial charge < -0.3 is 10.6 Å². The van der Waals surface area contributed by atoms with Crippen LogP contribution in [0.5, 0.6) is 0 Å². The highest BCUT2D eigenvalue weighted by Gasteiger charge is 2.44. The van der Waals surface area contributed by atoms with E-state index in [1.165, 1.54) is 5.56 Å². The minimum Gasteiger partial charge on any atom is -0.357 e. The summed E-state index contributed by atoms with van der Waals surface area (Å²) < 4.78 is 26.7. The first-order chi connectivity index (χ1) is 12.1. The summed E-state index contributed by atoms with van der Waals surface area (Å²) in [6.45, 7) is 7.55. The number of aliphatic imine (C=N–C) groups is 1. The zero-order valence-corrected chi connectivity index (χ0v) is 18.3. The number of sulfonamides is 1. The monoisotopic (exact) mass is 444 g/mol. The van der Waals surface area contributed by atoms with Gasteiger partial charge in [0.1, 0.15) is 0 Å². The van der Waals surface area contributed by atoms with Crippen LogP contribution in [0.15, 0.2) is 33.7 Å². The topological polar surface area (TPSA) is 82.6 Å². The Kier molecular flexibility index (Phi) is 6.74. The molecule has 0 spiro atoms. The third kappa shape index (κ3) is 6.55. The molecule has 0 unspecified atom stereocenters. The summed E-state index contributed by atoms with van der Waals surface area (Å²) in [6.07, 6.45) is 3.46. The fourth-order valence-corrected chi connectivity index (χ4v) is 4.41. The van der Waals surface area contributed by atoms with Crippen LogP contribution in [0.2, 0.25) is 0 Å². The van der Waals surface area contributed by atoms with E-state index in [0.717, 1.165) is 36.7 Å². The van der Waals surface area contributed by atoms with Crippen molar-refractivity contribution in [2.24, 2.45) is 4.99 Å². The minimum absolute atomic E-state index is 0.153. The van der Waals surface area contributed by atoms with Crippen molar-refractivity contribution in [3.05, 3.63) is 34.3 Å². The molecule has 0 aromatic heterocycles. The molecule has 1 aliphatic carbocycles. The van der Waals surface area contributed by atoms with Gasteiger partial charge in [-0.2, -0.15) is 0 Å². The molecule has 0 amide bonds. The first-order valence-electron chi connectivity index (χ1n) is 8.82. The van der Waals surface area contributed by atoms with Gasteiger partial charge in [-0.25, -0.2) is 13.1 Å². The van der Waals surface area contributed by atoms with Gasteiger partial charge in [-0.15, -0.1) is 0 Å². The SMILES string of the molecule is CCNC(=NCC(C)(C)NS(C)(=O)=O)NCC1(c2cccc(Br)c2)CC1. The second kappa shape index (κ2) is 8.27. The molecule has 1 aromatic rings. The average Bonchev–Trinajstić information content (AvgIpc) is 3.29. The molecule has 0 atom stereocenters. The maximum atomic E-state index is 11.5. The lowest BCUT2D eigenvalue weighted by Crippen LogP contribution is -2.47. The number of hydrogen-bond donors (Lipinski definition) is 3. The summed E-state index contributed by atoms with van der Waals surface area (Å²) in [4.78, 5) is 4.57. The lowest BCUT2D eigenvalue weighted by Gasteiger charge is -2.24. The highest BCUT2D eigenvalue weighted by Crippen LogP contribution is 2.48. The molecule has 1 saturated carbocycles. The van der Waals surface area contributed by atoms with E-state index in [1.54, 1.807) is 0 Å². The summed E-state index contributed by atoms with van der Waals surface area (Å²) in [5, 5.41) is 6.66. The van der Waals surface area contributed by atoms with Crippen LogP contribution < -0.4 is 15.4 Å². The van der Waals surface area contributed by atoms with E-state index in [-0.39, 0.29) is 5.41 Å². The van der Waals surface area contributed by atoms with Gasteiger partial charge >= 0.3 is 0 Å². The molecule has 8 heteroatoms. The molecule has 1 aliphatic rings. The highest BCUT2D eigenvalue weighted by molar-refractivity contribution is 9.10. The molecule has 1 aromatic carbocycles. The van der Waals surface area contributed by atoms with Crippen molar-refractivity contribution >= 4 is 31.9 Å². The standard InChI is InChI=1S/C18H29BrN4O2S/c1-5-20-16(21-12-17(2,3)23-26(4,24)25)22-13-18(9-10-18)14-7-6-8-15(19)11-14/h6-8,11,23H,5,9-10,12-13H2,1-4H3,(H2,20,21,22). The van der Waals surface area contributed by atoms with Crippen LogP contribution in [0, 0.1) is 0 Å². The molecule has 0 bridgehead atoms. The normalized spacial score (nSPS) is 17.0. The summed E-state index contributed by atoms with van der Waals surface area (Å²) in [5.41, 5.74) is 0.840. The summed E-state index contributed by atoms with van der Waals surface area (Å²) in [6, 6.07) is 8.45. The van der Waals surface area contributed by atoms with Gasteiger partial charge in [0.25, 0.3) is 0 Å². The number of rotatable bonds is 8. The van der Waals surface area contributed by atoms with Crippen molar-refractivity contribution in [2.75, 3.05) is 25.9 Å². The number of hydrogen-bond acceptors (Lipinski definition) is 3. The van der Waals surface area contributed by atoms with Crippen molar-refractivity contribution in [3.8, 4) is 0 Å². The molecule has 26 heavy (non-hydrogen) atoms. The second-order valence-electron chi connectivity index (χ2n) is 7.60. The maximum Gasteiger partial charge on any atom is 0.209 e. The predicted octanol–water partition coefficient (Wildman–Crippen LogP) is 2.36. The molecule has 0 heterocycles. The first-order valence-corrected chi connectivity index (χ1v) is 11.5. The number of benzene rings is 1. The van der Waals surface area contributed by atoms with Crippen LogP contribution >= 0.6 is 15.9 Å². The van der Waals surface area contributed by atoms with Crippen LogP contribution in [-0.2, 0) is 15.4 Å². The molecule has 3 N–H and O–H groups in total. The van der Waals surface area contributed by atoms with Crippen molar-refractivity contribution in [1.29, 1.82) is 0 Å². The lowest BCUT2D eigenvalue weighted by atomic mass is 9.96. The summed E-state index contributed by atoms with van der Waals surface area (Å²) in [7, 11) is -3.27. The van der Waals surface area contributed by atoms with Gasteiger partial charge in [0.2, 0.25) is 10.0 Å². The molecule has 6 nitrogen and oxygen atoms in total. The molecule has 1 fully saturated rings. The van der Waals surface area contributed by atoms with E-state index in [0.29, 0.717) is 12.5 Å².